The monoisotopic (exact) mass is 401 g/mol. The van der Waals surface area contributed by atoms with E-state index >= 15 is 0 Å². The number of quaternary nitrogens is 2. The van der Waals surface area contributed by atoms with Crippen molar-refractivity contribution in [1.29, 1.82) is 0 Å². The van der Waals surface area contributed by atoms with E-state index in [9.17, 15) is 21.6 Å². The van der Waals surface area contributed by atoms with Crippen LogP contribution in [0.25, 0.3) is 0 Å². The van der Waals surface area contributed by atoms with Gasteiger partial charge in [0, 0.05) is 13.0 Å². The molecule has 0 amide bonds. The molecule has 0 unspecified atom stereocenters. The molecule has 1 heterocycles. The Morgan fingerprint density at radius 3 is 2.44 bits per heavy atom. The molecule has 1 saturated heterocycles. The molecule has 0 aliphatic carbocycles. The Morgan fingerprint density at radius 2 is 1.84 bits per heavy atom. The van der Waals surface area contributed by atoms with Crippen molar-refractivity contribution in [3.05, 3.63) is 28.8 Å². The smallest absolute Gasteiger partial charge is 0.328 e. The van der Waals surface area contributed by atoms with Gasteiger partial charge in [0.15, 0.2) is 0 Å². The number of benzene rings is 1. The van der Waals surface area contributed by atoms with Gasteiger partial charge in [-0.3, -0.25) is 0 Å². The number of piperazine rings is 1. The maximum atomic E-state index is 12.9. The Morgan fingerprint density at radius 1 is 1.20 bits per heavy atom. The summed E-state index contributed by atoms with van der Waals surface area (Å²) in [4.78, 5) is 2.49. The largest absolute Gasteiger partial charge is 0.417 e. The zero-order chi connectivity index (χ0) is 18.7. The highest BCUT2D eigenvalue weighted by Gasteiger charge is 2.34. The molecule has 5 nitrogen and oxygen atoms in total. The van der Waals surface area contributed by atoms with Gasteiger partial charge >= 0.3 is 6.18 Å². The van der Waals surface area contributed by atoms with Crippen molar-refractivity contribution in [2.24, 2.45) is 0 Å². The van der Waals surface area contributed by atoms with E-state index in [2.05, 4.69) is 11.8 Å². The Kier molecular flexibility index (Phi) is 6.72. The summed E-state index contributed by atoms with van der Waals surface area (Å²) >= 11 is 5.51. The lowest BCUT2D eigenvalue weighted by Gasteiger charge is -2.27. The predicted octanol–water partition coefficient (Wildman–Crippen LogP) is -0.560. The lowest BCUT2D eigenvalue weighted by molar-refractivity contribution is -1.00. The number of halogens is 4. The molecule has 0 bridgehead atoms. The Balaban J connectivity index is 1.91. The van der Waals surface area contributed by atoms with Crippen molar-refractivity contribution in [3.8, 4) is 0 Å². The van der Waals surface area contributed by atoms with Gasteiger partial charge in [0.25, 0.3) is 0 Å². The quantitative estimate of drug-likeness (QED) is 0.560. The molecular weight excluding hydrogens is 379 g/mol. The number of alkyl halides is 3. The Labute approximate surface area is 150 Å². The van der Waals surface area contributed by atoms with Crippen LogP contribution in [0.5, 0.6) is 0 Å². The third-order valence-electron chi connectivity index (χ3n) is 4.36. The standard InChI is InChI=1S/C15H21ClF3N3O2S/c1-21-7-9-22(10-8-21)6-2-5-20-25(23,24)12-3-4-14(16)13(11-12)15(17,18)19/h3-4,11,20H,2,5-10H2,1H3/p+2. The first-order valence-electron chi connectivity index (χ1n) is 8.11. The van der Waals surface area contributed by atoms with Crippen LogP contribution >= 0.6 is 11.6 Å². The summed E-state index contributed by atoms with van der Waals surface area (Å²) in [6, 6.07) is 2.60. The van der Waals surface area contributed by atoms with E-state index in [4.69, 9.17) is 11.6 Å². The van der Waals surface area contributed by atoms with E-state index in [0.29, 0.717) is 12.5 Å². The topological polar surface area (TPSA) is 55.1 Å². The van der Waals surface area contributed by atoms with Crippen molar-refractivity contribution in [3.63, 3.8) is 0 Å². The number of nitrogens with one attached hydrogen (secondary N) is 3. The predicted molar refractivity (Wildman–Crippen MR) is 88.4 cm³/mol. The second-order valence-electron chi connectivity index (χ2n) is 6.35. The molecule has 3 N–H and O–H groups in total. The minimum atomic E-state index is -4.70. The van der Waals surface area contributed by atoms with Crippen LogP contribution in [0.15, 0.2) is 23.1 Å². The van der Waals surface area contributed by atoms with Gasteiger partial charge < -0.3 is 9.80 Å². The van der Waals surface area contributed by atoms with Crippen molar-refractivity contribution in [1.82, 2.24) is 4.72 Å². The average molecular weight is 402 g/mol. The van der Waals surface area contributed by atoms with Crippen molar-refractivity contribution in [2.75, 3.05) is 46.3 Å². The molecule has 1 aliphatic rings. The van der Waals surface area contributed by atoms with Crippen LogP contribution in [0.4, 0.5) is 13.2 Å². The summed E-state index contributed by atoms with van der Waals surface area (Å²) in [5.74, 6) is 0. The summed E-state index contributed by atoms with van der Waals surface area (Å²) in [5.41, 5.74) is -1.15. The molecule has 1 fully saturated rings. The van der Waals surface area contributed by atoms with E-state index in [-0.39, 0.29) is 6.54 Å². The summed E-state index contributed by atoms with van der Waals surface area (Å²) < 4.78 is 65.3. The van der Waals surface area contributed by atoms with Crippen LogP contribution in [0.3, 0.4) is 0 Å². The Hall–Kier alpha value is -0.870. The number of hydrogen-bond acceptors (Lipinski definition) is 2. The fourth-order valence-corrected chi connectivity index (χ4v) is 4.12. The molecule has 0 aromatic heterocycles. The minimum Gasteiger partial charge on any atom is -0.328 e. The molecular formula is C15H23ClF3N3O2S+2. The highest BCUT2D eigenvalue weighted by atomic mass is 35.5. The van der Waals surface area contributed by atoms with E-state index in [0.717, 1.165) is 44.9 Å². The van der Waals surface area contributed by atoms with Gasteiger partial charge in [-0.15, -0.1) is 0 Å². The molecule has 142 valence electrons. The highest BCUT2D eigenvalue weighted by Crippen LogP contribution is 2.35. The van der Waals surface area contributed by atoms with Crippen LogP contribution in [-0.2, 0) is 16.2 Å². The molecule has 25 heavy (non-hydrogen) atoms. The van der Waals surface area contributed by atoms with Gasteiger partial charge in [0.1, 0.15) is 26.2 Å². The van der Waals surface area contributed by atoms with E-state index in [1.165, 1.54) is 9.80 Å². The molecule has 1 aromatic carbocycles. The van der Waals surface area contributed by atoms with Crippen molar-refractivity contribution < 1.29 is 31.4 Å². The third-order valence-corrected chi connectivity index (χ3v) is 6.15. The molecule has 10 heteroatoms. The molecule has 1 aromatic rings. The highest BCUT2D eigenvalue weighted by molar-refractivity contribution is 7.89. The first-order valence-corrected chi connectivity index (χ1v) is 9.97. The van der Waals surface area contributed by atoms with Gasteiger partial charge in [-0.05, 0) is 18.2 Å². The molecule has 0 radical (unpaired) electrons. The van der Waals surface area contributed by atoms with Crippen LogP contribution in [0.2, 0.25) is 5.02 Å². The van der Waals surface area contributed by atoms with Gasteiger partial charge in [-0.1, -0.05) is 11.6 Å². The van der Waals surface area contributed by atoms with Gasteiger partial charge in [0.2, 0.25) is 10.0 Å². The molecule has 2 rings (SSSR count). The van der Waals surface area contributed by atoms with E-state index in [1.807, 2.05) is 0 Å². The van der Waals surface area contributed by atoms with Gasteiger partial charge in [0.05, 0.1) is 29.1 Å². The number of rotatable bonds is 6. The SMILES string of the molecule is C[NH+]1CC[NH+](CCCNS(=O)(=O)c2ccc(Cl)c(C(F)(F)F)c2)CC1. The van der Waals surface area contributed by atoms with Crippen LogP contribution in [-0.4, -0.2) is 54.7 Å². The Bertz CT molecular complexity index is 690. The number of likely N-dealkylation sites (N-methyl/N-ethyl adjacent to an activating group) is 1. The molecule has 1 aliphatic heterocycles. The molecule has 0 saturated carbocycles. The first-order chi connectivity index (χ1) is 11.6. The summed E-state index contributed by atoms with van der Waals surface area (Å²) in [5, 5.41) is -0.521. The average Bonchev–Trinajstić information content (AvgIpc) is 2.52. The van der Waals surface area contributed by atoms with Crippen molar-refractivity contribution in [2.45, 2.75) is 17.5 Å². The molecule has 0 spiro atoms. The normalized spacial score (nSPS) is 22.1. The first kappa shape index (κ1) is 20.4. The second-order valence-corrected chi connectivity index (χ2v) is 8.52. The maximum Gasteiger partial charge on any atom is 0.417 e. The van der Waals surface area contributed by atoms with E-state index < -0.39 is 31.7 Å². The second kappa shape index (κ2) is 8.22. The number of sulfonamides is 1. The lowest BCUT2D eigenvalue weighted by Crippen LogP contribution is -3.27. The fraction of sp³-hybridized carbons (Fsp3) is 0.600. The van der Waals surface area contributed by atoms with E-state index in [1.54, 1.807) is 0 Å². The number of hydrogen-bond donors (Lipinski definition) is 3. The zero-order valence-corrected chi connectivity index (χ0v) is 15.5. The zero-order valence-electron chi connectivity index (χ0n) is 13.9. The van der Waals surface area contributed by atoms with Crippen LogP contribution in [0.1, 0.15) is 12.0 Å². The lowest BCUT2D eigenvalue weighted by atomic mass is 10.2. The summed E-state index contributed by atoms with van der Waals surface area (Å²) in [6.07, 6.45) is -4.07. The van der Waals surface area contributed by atoms with Gasteiger partial charge in [-0.2, -0.15) is 13.2 Å². The maximum absolute atomic E-state index is 12.9. The van der Waals surface area contributed by atoms with Gasteiger partial charge in [-0.25, -0.2) is 13.1 Å². The fourth-order valence-electron chi connectivity index (χ4n) is 2.80. The summed E-state index contributed by atoms with van der Waals surface area (Å²) in [6.45, 7) is 5.30. The van der Waals surface area contributed by atoms with Crippen LogP contribution in [0, 0.1) is 0 Å². The van der Waals surface area contributed by atoms with Crippen molar-refractivity contribution >= 4 is 21.6 Å². The molecule has 0 atom stereocenters. The van der Waals surface area contributed by atoms with Crippen LogP contribution < -0.4 is 14.5 Å². The third kappa shape index (κ3) is 5.82. The summed E-state index contributed by atoms with van der Waals surface area (Å²) in [7, 11) is -1.85. The minimum absolute atomic E-state index is 0.193.